The highest BCUT2D eigenvalue weighted by atomic mass is 32.2. The third-order valence-corrected chi connectivity index (χ3v) is 2.75. The molecule has 72 valence electrons. The number of hydrogen-bond acceptors (Lipinski definition) is 2. The smallest absolute Gasteiger partial charge is 0.130 e. The second-order valence-corrected chi connectivity index (χ2v) is 3.63. The molecule has 0 aliphatic heterocycles. The van der Waals surface area contributed by atoms with Gasteiger partial charge in [-0.1, -0.05) is 13.0 Å². The van der Waals surface area contributed by atoms with E-state index in [2.05, 4.69) is 0 Å². The molecule has 1 unspecified atom stereocenters. The van der Waals surface area contributed by atoms with Crippen LogP contribution in [0.3, 0.4) is 0 Å². The predicted octanol–water partition coefficient (Wildman–Crippen LogP) is 2.99. The SMILES string of the molecule is CCC(O)c1c(F)cccc1SC. The molecular formula is C10H13FOS. The van der Waals surface area contributed by atoms with Crippen LogP contribution >= 0.6 is 11.8 Å². The van der Waals surface area contributed by atoms with Crippen LogP contribution in [0.5, 0.6) is 0 Å². The fraction of sp³-hybridized carbons (Fsp3) is 0.400. The Labute approximate surface area is 82.0 Å². The first-order valence-corrected chi connectivity index (χ1v) is 5.43. The first-order chi connectivity index (χ1) is 6.20. The second kappa shape index (κ2) is 4.63. The fourth-order valence-electron chi connectivity index (χ4n) is 1.22. The molecule has 13 heavy (non-hydrogen) atoms. The largest absolute Gasteiger partial charge is 0.388 e. The third-order valence-electron chi connectivity index (χ3n) is 1.95. The maximum atomic E-state index is 13.3. The summed E-state index contributed by atoms with van der Waals surface area (Å²) in [7, 11) is 0. The number of aliphatic hydroxyl groups is 1. The average molecular weight is 200 g/mol. The normalized spacial score (nSPS) is 12.9. The Bertz CT molecular complexity index is 288. The molecule has 0 saturated carbocycles. The van der Waals surface area contributed by atoms with Crippen LogP contribution < -0.4 is 0 Å². The van der Waals surface area contributed by atoms with Gasteiger partial charge in [0.15, 0.2) is 0 Å². The van der Waals surface area contributed by atoms with E-state index in [1.165, 1.54) is 17.8 Å². The van der Waals surface area contributed by atoms with Gasteiger partial charge in [0, 0.05) is 10.5 Å². The summed E-state index contributed by atoms with van der Waals surface area (Å²) in [6.45, 7) is 1.83. The van der Waals surface area contributed by atoms with E-state index in [0.717, 1.165) is 4.90 Å². The van der Waals surface area contributed by atoms with Crippen molar-refractivity contribution in [1.82, 2.24) is 0 Å². The summed E-state index contributed by atoms with van der Waals surface area (Å²) in [5.41, 5.74) is 0.428. The van der Waals surface area contributed by atoms with Crippen molar-refractivity contribution >= 4 is 11.8 Å². The molecule has 1 aromatic carbocycles. The van der Waals surface area contributed by atoms with Gasteiger partial charge in [-0.25, -0.2) is 4.39 Å². The molecule has 0 saturated heterocycles. The quantitative estimate of drug-likeness (QED) is 0.757. The van der Waals surface area contributed by atoms with E-state index in [0.29, 0.717) is 12.0 Å². The summed E-state index contributed by atoms with van der Waals surface area (Å²) >= 11 is 1.45. The second-order valence-electron chi connectivity index (χ2n) is 2.78. The highest BCUT2D eigenvalue weighted by Gasteiger charge is 2.14. The Morgan fingerprint density at radius 3 is 2.77 bits per heavy atom. The van der Waals surface area contributed by atoms with Crippen LogP contribution in [-0.2, 0) is 0 Å². The molecule has 0 bridgehead atoms. The standard InChI is InChI=1S/C10H13FOS/c1-3-8(12)10-7(11)5-4-6-9(10)13-2/h4-6,8,12H,3H2,1-2H3. The van der Waals surface area contributed by atoms with Gasteiger partial charge in [0.05, 0.1) is 6.10 Å². The van der Waals surface area contributed by atoms with E-state index < -0.39 is 6.10 Å². The minimum absolute atomic E-state index is 0.318. The van der Waals surface area contributed by atoms with Crippen molar-refractivity contribution in [2.24, 2.45) is 0 Å². The molecule has 0 amide bonds. The van der Waals surface area contributed by atoms with Crippen molar-refractivity contribution in [3.63, 3.8) is 0 Å². The third kappa shape index (κ3) is 2.23. The minimum atomic E-state index is -0.691. The van der Waals surface area contributed by atoms with Crippen LogP contribution in [0.4, 0.5) is 4.39 Å². The zero-order valence-corrected chi connectivity index (χ0v) is 8.57. The van der Waals surface area contributed by atoms with Gasteiger partial charge in [0.2, 0.25) is 0 Å². The maximum Gasteiger partial charge on any atom is 0.130 e. The lowest BCUT2D eigenvalue weighted by atomic mass is 10.1. The van der Waals surface area contributed by atoms with Gasteiger partial charge in [-0.3, -0.25) is 0 Å². The molecule has 0 heterocycles. The van der Waals surface area contributed by atoms with Crippen molar-refractivity contribution in [2.45, 2.75) is 24.3 Å². The summed E-state index contributed by atoms with van der Waals surface area (Å²) in [5, 5.41) is 9.57. The van der Waals surface area contributed by atoms with Crippen LogP contribution in [0.25, 0.3) is 0 Å². The number of hydrogen-bond donors (Lipinski definition) is 1. The molecule has 1 aromatic rings. The minimum Gasteiger partial charge on any atom is -0.388 e. The highest BCUT2D eigenvalue weighted by molar-refractivity contribution is 7.98. The molecular weight excluding hydrogens is 187 g/mol. The van der Waals surface area contributed by atoms with Gasteiger partial charge in [0.25, 0.3) is 0 Å². The first kappa shape index (κ1) is 10.5. The van der Waals surface area contributed by atoms with Crippen LogP contribution in [0.2, 0.25) is 0 Å². The molecule has 0 aromatic heterocycles. The first-order valence-electron chi connectivity index (χ1n) is 4.21. The lowest BCUT2D eigenvalue weighted by Gasteiger charge is -2.13. The molecule has 3 heteroatoms. The summed E-state index contributed by atoms with van der Waals surface area (Å²) in [5.74, 6) is -0.318. The summed E-state index contributed by atoms with van der Waals surface area (Å²) in [4.78, 5) is 0.814. The van der Waals surface area contributed by atoms with Crippen molar-refractivity contribution in [3.05, 3.63) is 29.6 Å². The van der Waals surface area contributed by atoms with Crippen LogP contribution in [0.1, 0.15) is 25.0 Å². The van der Waals surface area contributed by atoms with Gasteiger partial charge in [-0.15, -0.1) is 11.8 Å². The van der Waals surface area contributed by atoms with Crippen molar-refractivity contribution in [2.75, 3.05) is 6.26 Å². The Kier molecular flexibility index (Phi) is 3.75. The molecule has 1 rings (SSSR count). The van der Waals surface area contributed by atoms with E-state index in [4.69, 9.17) is 0 Å². The van der Waals surface area contributed by atoms with Crippen LogP contribution in [-0.4, -0.2) is 11.4 Å². The highest BCUT2D eigenvalue weighted by Crippen LogP contribution is 2.29. The Morgan fingerprint density at radius 2 is 2.23 bits per heavy atom. The zero-order valence-electron chi connectivity index (χ0n) is 7.75. The van der Waals surface area contributed by atoms with Gasteiger partial charge in [-0.05, 0) is 24.8 Å². The Hall–Kier alpha value is -0.540. The van der Waals surface area contributed by atoms with Crippen LogP contribution in [0, 0.1) is 5.82 Å². The molecule has 1 nitrogen and oxygen atoms in total. The molecule has 0 spiro atoms. The van der Waals surface area contributed by atoms with Crippen LogP contribution in [0.15, 0.2) is 23.1 Å². The Morgan fingerprint density at radius 1 is 1.54 bits per heavy atom. The summed E-state index contributed by atoms with van der Waals surface area (Å²) in [6, 6.07) is 4.86. The molecule has 0 radical (unpaired) electrons. The van der Waals surface area contributed by atoms with Crippen molar-refractivity contribution in [3.8, 4) is 0 Å². The number of aliphatic hydroxyl groups excluding tert-OH is 1. The average Bonchev–Trinajstić information content (AvgIpc) is 2.16. The number of thioether (sulfide) groups is 1. The van der Waals surface area contributed by atoms with Gasteiger partial charge in [0.1, 0.15) is 5.82 Å². The Balaban J connectivity index is 3.14. The topological polar surface area (TPSA) is 20.2 Å². The zero-order chi connectivity index (χ0) is 9.84. The summed E-state index contributed by atoms with van der Waals surface area (Å²) in [6.07, 6.45) is 1.72. The van der Waals surface area contributed by atoms with Gasteiger partial charge < -0.3 is 5.11 Å². The lowest BCUT2D eigenvalue weighted by molar-refractivity contribution is 0.166. The number of benzene rings is 1. The van der Waals surface area contributed by atoms with Gasteiger partial charge in [-0.2, -0.15) is 0 Å². The lowest BCUT2D eigenvalue weighted by Crippen LogP contribution is -2.01. The van der Waals surface area contributed by atoms with E-state index in [-0.39, 0.29) is 5.82 Å². The van der Waals surface area contributed by atoms with E-state index in [9.17, 15) is 9.50 Å². The van der Waals surface area contributed by atoms with E-state index in [1.807, 2.05) is 19.2 Å². The molecule has 1 atom stereocenters. The van der Waals surface area contributed by atoms with Gasteiger partial charge >= 0.3 is 0 Å². The number of halogens is 1. The van der Waals surface area contributed by atoms with E-state index >= 15 is 0 Å². The molecule has 0 aliphatic carbocycles. The maximum absolute atomic E-state index is 13.3. The molecule has 1 N–H and O–H groups in total. The van der Waals surface area contributed by atoms with E-state index in [1.54, 1.807) is 6.07 Å². The number of rotatable bonds is 3. The van der Waals surface area contributed by atoms with Crippen molar-refractivity contribution < 1.29 is 9.50 Å². The summed E-state index contributed by atoms with van der Waals surface area (Å²) < 4.78 is 13.3. The fourth-order valence-corrected chi connectivity index (χ4v) is 1.89. The predicted molar refractivity (Wildman–Crippen MR) is 53.4 cm³/mol. The molecule has 0 fully saturated rings. The monoisotopic (exact) mass is 200 g/mol. The molecule has 0 aliphatic rings. The van der Waals surface area contributed by atoms with Crippen molar-refractivity contribution in [1.29, 1.82) is 0 Å².